The Hall–Kier alpha value is -3.56. The lowest BCUT2D eigenvalue weighted by molar-refractivity contribution is 0.518. The molecule has 0 fully saturated rings. The molecule has 30 heavy (non-hydrogen) atoms. The van der Waals surface area contributed by atoms with Gasteiger partial charge in [0.05, 0.1) is 23.0 Å². The van der Waals surface area contributed by atoms with E-state index >= 15 is 0 Å². The molecule has 0 aliphatic carbocycles. The number of fused-ring (bicyclic) bond motifs is 1. The number of aryl methyl sites for hydroxylation is 1. The van der Waals surface area contributed by atoms with Crippen molar-refractivity contribution in [3.05, 3.63) is 36.4 Å². The largest absolute Gasteiger partial charge is 0.383 e. The second-order valence-electron chi connectivity index (χ2n) is 8.25. The fourth-order valence-electron chi connectivity index (χ4n) is 3.51. The first-order chi connectivity index (χ1) is 14.3. The van der Waals surface area contributed by atoms with Crippen LogP contribution in [0.25, 0.3) is 22.3 Å². The predicted octanol–water partition coefficient (Wildman–Crippen LogP) is 2.87. The van der Waals surface area contributed by atoms with Crippen molar-refractivity contribution >= 4 is 22.8 Å². The van der Waals surface area contributed by atoms with Gasteiger partial charge < -0.3 is 15.6 Å². The van der Waals surface area contributed by atoms with Crippen LogP contribution in [0.5, 0.6) is 0 Å². The van der Waals surface area contributed by atoms with Crippen LogP contribution in [-0.2, 0) is 5.41 Å². The maximum atomic E-state index is 6.25. The molecule has 0 aliphatic rings. The minimum Gasteiger partial charge on any atom is -0.383 e. The zero-order valence-electron chi connectivity index (χ0n) is 17.8. The molecule has 10 heteroatoms. The monoisotopic (exact) mass is 406 g/mol. The van der Waals surface area contributed by atoms with Crippen molar-refractivity contribution in [3.8, 4) is 11.3 Å². The molecule has 4 aromatic heterocycles. The van der Waals surface area contributed by atoms with Crippen molar-refractivity contribution in [2.75, 3.05) is 17.6 Å². The molecule has 4 aromatic rings. The summed E-state index contributed by atoms with van der Waals surface area (Å²) in [6, 6.07) is 2.28. The van der Waals surface area contributed by atoms with Gasteiger partial charge in [-0.1, -0.05) is 13.8 Å². The van der Waals surface area contributed by atoms with Gasteiger partial charge in [0, 0.05) is 24.2 Å². The van der Waals surface area contributed by atoms with Crippen molar-refractivity contribution < 1.29 is 0 Å². The Balaban J connectivity index is 1.60. The Bertz CT molecular complexity index is 1170. The van der Waals surface area contributed by atoms with Crippen LogP contribution >= 0.6 is 0 Å². The van der Waals surface area contributed by atoms with Gasteiger partial charge in [-0.15, -0.1) is 0 Å². The fourth-order valence-corrected chi connectivity index (χ4v) is 3.51. The van der Waals surface area contributed by atoms with Crippen LogP contribution in [0.2, 0.25) is 0 Å². The Kier molecular flexibility index (Phi) is 4.84. The number of imidazole rings is 1. The van der Waals surface area contributed by atoms with Gasteiger partial charge in [0.25, 0.3) is 0 Å². The number of anilines is 2. The van der Waals surface area contributed by atoms with E-state index in [1.807, 2.05) is 13.0 Å². The number of nitrogen functional groups attached to an aromatic ring is 1. The highest BCUT2D eigenvalue weighted by molar-refractivity contribution is 5.82. The van der Waals surface area contributed by atoms with Crippen molar-refractivity contribution in [2.45, 2.75) is 46.1 Å². The van der Waals surface area contributed by atoms with E-state index < -0.39 is 0 Å². The Morgan fingerprint density at radius 1 is 1.17 bits per heavy atom. The molecule has 4 heterocycles. The molecule has 0 bridgehead atoms. The number of rotatable bonds is 6. The first-order valence-corrected chi connectivity index (χ1v) is 9.83. The summed E-state index contributed by atoms with van der Waals surface area (Å²) in [5.74, 6) is 2.56. The highest BCUT2D eigenvalue weighted by Crippen LogP contribution is 2.28. The molecule has 0 amide bonds. The summed E-state index contributed by atoms with van der Waals surface area (Å²) in [4.78, 5) is 22.2. The normalized spacial score (nSPS) is 12.1. The zero-order chi connectivity index (χ0) is 21.5. The molecular formula is C20H26N10. The summed E-state index contributed by atoms with van der Waals surface area (Å²) in [5, 5.41) is 10.0. The number of nitrogens with zero attached hydrogens (tertiary/aromatic N) is 7. The number of aromatic amines is 1. The Morgan fingerprint density at radius 2 is 1.97 bits per heavy atom. The third-order valence-corrected chi connectivity index (χ3v) is 5.11. The molecule has 10 nitrogen and oxygen atoms in total. The summed E-state index contributed by atoms with van der Waals surface area (Å²) in [6.07, 6.45) is 4.96. The van der Waals surface area contributed by atoms with Gasteiger partial charge in [0.15, 0.2) is 0 Å². The van der Waals surface area contributed by atoms with E-state index in [4.69, 9.17) is 5.73 Å². The third-order valence-electron chi connectivity index (χ3n) is 5.11. The van der Waals surface area contributed by atoms with Crippen LogP contribution in [0.1, 0.15) is 45.4 Å². The first kappa shape index (κ1) is 19.7. The van der Waals surface area contributed by atoms with Gasteiger partial charge in [0.2, 0.25) is 5.95 Å². The quantitative estimate of drug-likeness (QED) is 0.445. The van der Waals surface area contributed by atoms with Gasteiger partial charge in [-0.25, -0.2) is 15.0 Å². The van der Waals surface area contributed by atoms with E-state index in [0.29, 0.717) is 23.9 Å². The van der Waals surface area contributed by atoms with E-state index in [2.05, 4.69) is 72.7 Å². The first-order valence-electron chi connectivity index (χ1n) is 9.83. The number of hydrogen-bond donors (Lipinski definition) is 3. The second kappa shape index (κ2) is 7.36. The van der Waals surface area contributed by atoms with Gasteiger partial charge in [-0.3, -0.25) is 10.1 Å². The minimum atomic E-state index is -0.271. The zero-order valence-corrected chi connectivity index (χ0v) is 17.8. The van der Waals surface area contributed by atoms with Crippen LogP contribution in [0.15, 0.2) is 24.8 Å². The number of nitrogens with one attached hydrogen (secondary N) is 2. The van der Waals surface area contributed by atoms with E-state index in [0.717, 1.165) is 28.4 Å². The molecule has 0 saturated heterocycles. The van der Waals surface area contributed by atoms with Crippen molar-refractivity contribution in [1.82, 2.24) is 39.7 Å². The van der Waals surface area contributed by atoms with Gasteiger partial charge in [-0.2, -0.15) is 10.1 Å². The number of hydrogen-bond acceptors (Lipinski definition) is 8. The molecule has 156 valence electrons. The maximum absolute atomic E-state index is 6.25. The molecule has 0 aromatic carbocycles. The van der Waals surface area contributed by atoms with Crippen molar-refractivity contribution in [3.63, 3.8) is 0 Å². The standard InChI is InChI=1S/C20H26N10/c1-11(2)30-12(3)27-15-8-22-14(6-16(15)30)13-7-23-19(28-17(13)21)24-9-20(4,5)18-25-10-26-29-18/h6-8,10-11H,9H2,1-5H3,(H,25,26,29)(H3,21,23,24,28). The van der Waals surface area contributed by atoms with E-state index in [1.165, 1.54) is 6.33 Å². The summed E-state index contributed by atoms with van der Waals surface area (Å²) < 4.78 is 2.18. The second-order valence-corrected chi connectivity index (χ2v) is 8.25. The van der Waals surface area contributed by atoms with E-state index in [9.17, 15) is 0 Å². The third kappa shape index (κ3) is 3.56. The molecule has 0 atom stereocenters. The molecule has 0 radical (unpaired) electrons. The molecule has 4 N–H and O–H groups in total. The van der Waals surface area contributed by atoms with Gasteiger partial charge in [0.1, 0.15) is 29.3 Å². The summed E-state index contributed by atoms with van der Waals surface area (Å²) in [6.45, 7) is 10.9. The minimum absolute atomic E-state index is 0.271. The van der Waals surface area contributed by atoms with Crippen LogP contribution in [-0.4, -0.2) is 46.2 Å². The van der Waals surface area contributed by atoms with Crippen LogP contribution in [0.4, 0.5) is 11.8 Å². The lowest BCUT2D eigenvalue weighted by atomic mass is 9.93. The lowest BCUT2D eigenvalue weighted by Gasteiger charge is -2.22. The molecule has 0 saturated carbocycles. The maximum Gasteiger partial charge on any atom is 0.224 e. The molecule has 0 unspecified atom stereocenters. The summed E-state index contributed by atoms with van der Waals surface area (Å²) in [5.41, 5.74) is 9.26. The Labute approximate surface area is 174 Å². The van der Waals surface area contributed by atoms with Crippen molar-refractivity contribution in [1.29, 1.82) is 0 Å². The van der Waals surface area contributed by atoms with E-state index in [1.54, 1.807) is 12.4 Å². The predicted molar refractivity (Wildman–Crippen MR) is 116 cm³/mol. The highest BCUT2D eigenvalue weighted by atomic mass is 15.2. The van der Waals surface area contributed by atoms with Crippen LogP contribution in [0.3, 0.4) is 0 Å². The van der Waals surface area contributed by atoms with E-state index in [-0.39, 0.29) is 11.5 Å². The van der Waals surface area contributed by atoms with Crippen LogP contribution in [0, 0.1) is 6.92 Å². The van der Waals surface area contributed by atoms with Gasteiger partial charge in [-0.05, 0) is 26.8 Å². The molecule has 0 spiro atoms. The Morgan fingerprint density at radius 3 is 2.63 bits per heavy atom. The molecule has 0 aliphatic heterocycles. The smallest absolute Gasteiger partial charge is 0.224 e. The number of aromatic nitrogens is 8. The molecule has 4 rings (SSSR count). The highest BCUT2D eigenvalue weighted by Gasteiger charge is 2.24. The molecular weight excluding hydrogens is 380 g/mol. The topological polar surface area (TPSA) is 136 Å². The average molecular weight is 406 g/mol. The van der Waals surface area contributed by atoms with Crippen molar-refractivity contribution in [2.24, 2.45) is 0 Å². The van der Waals surface area contributed by atoms with Gasteiger partial charge >= 0.3 is 0 Å². The number of H-pyrrole nitrogens is 1. The fraction of sp³-hybridized carbons (Fsp3) is 0.400. The number of pyridine rings is 1. The lowest BCUT2D eigenvalue weighted by Crippen LogP contribution is -2.29. The average Bonchev–Trinajstić information content (AvgIpc) is 3.33. The van der Waals surface area contributed by atoms with Crippen LogP contribution < -0.4 is 11.1 Å². The summed E-state index contributed by atoms with van der Waals surface area (Å²) in [7, 11) is 0. The summed E-state index contributed by atoms with van der Waals surface area (Å²) >= 11 is 0. The SMILES string of the molecule is Cc1nc2cnc(-c3cnc(NCC(C)(C)c4ncn[nH]4)nc3N)cc2n1C(C)C. The number of nitrogens with two attached hydrogens (primary N) is 1.